The lowest BCUT2D eigenvalue weighted by molar-refractivity contribution is -0.125. The van der Waals surface area contributed by atoms with E-state index in [-0.39, 0.29) is 18.7 Å². The van der Waals surface area contributed by atoms with Gasteiger partial charge >= 0.3 is 0 Å². The van der Waals surface area contributed by atoms with E-state index in [0.717, 1.165) is 17.8 Å². The van der Waals surface area contributed by atoms with Gasteiger partial charge in [0.05, 0.1) is 37.0 Å². The first kappa shape index (κ1) is 19.3. The molecular weight excluding hydrogens is 384 g/mol. The Hall–Kier alpha value is -2.71. The van der Waals surface area contributed by atoms with Crippen LogP contribution in [-0.2, 0) is 16.8 Å². The van der Waals surface area contributed by atoms with Crippen LogP contribution < -0.4 is 15.0 Å². The molecule has 5 rings (SSSR count). The number of amides is 1. The Bertz CT molecular complexity index is 950. The standard InChI is InChI=1S/C22H26N4O4/c1-30-16-6-4-15(5-7-16)26-12-14-11-24-21(23-10-13-2-3-13)25-19(14)22(20(26)29)8-17(27)18(28)9-22/h4-7,11,13,17-18,27-28H,2-3,8-10,12H2,1H3,(H,23,24,25)/t17-,18+,22+. The number of aliphatic hydroxyl groups is 2. The van der Waals surface area contributed by atoms with Crippen molar-refractivity contribution in [2.24, 2.45) is 5.92 Å². The summed E-state index contributed by atoms with van der Waals surface area (Å²) in [6.45, 7) is 1.17. The van der Waals surface area contributed by atoms with Gasteiger partial charge < -0.3 is 25.2 Å². The molecule has 3 aliphatic rings. The predicted molar refractivity (Wildman–Crippen MR) is 110 cm³/mol. The Morgan fingerprint density at radius 2 is 1.90 bits per heavy atom. The smallest absolute Gasteiger partial charge is 0.239 e. The Morgan fingerprint density at radius 3 is 2.53 bits per heavy atom. The van der Waals surface area contributed by atoms with E-state index in [1.807, 2.05) is 24.3 Å². The lowest BCUT2D eigenvalue weighted by atomic mass is 9.76. The number of aliphatic hydroxyl groups excluding tert-OH is 2. The van der Waals surface area contributed by atoms with E-state index >= 15 is 0 Å². The van der Waals surface area contributed by atoms with E-state index in [0.29, 0.717) is 29.9 Å². The third-order valence-electron chi connectivity index (χ3n) is 6.49. The fourth-order valence-corrected chi connectivity index (χ4v) is 4.59. The number of ether oxygens (including phenoxy) is 1. The second kappa shape index (κ2) is 7.21. The zero-order valence-electron chi connectivity index (χ0n) is 16.9. The van der Waals surface area contributed by atoms with Crippen molar-refractivity contribution in [3.05, 3.63) is 41.7 Å². The van der Waals surface area contributed by atoms with E-state index in [9.17, 15) is 15.0 Å². The van der Waals surface area contributed by atoms with Crippen LogP contribution in [0.3, 0.4) is 0 Å². The van der Waals surface area contributed by atoms with Crippen molar-refractivity contribution in [1.29, 1.82) is 0 Å². The molecule has 1 aromatic carbocycles. The van der Waals surface area contributed by atoms with E-state index in [2.05, 4.69) is 10.3 Å². The molecule has 0 bridgehead atoms. The van der Waals surface area contributed by atoms with Crippen LogP contribution in [0.1, 0.15) is 36.9 Å². The fraction of sp³-hybridized carbons (Fsp3) is 0.500. The van der Waals surface area contributed by atoms with Gasteiger partial charge in [0.1, 0.15) is 5.75 Å². The van der Waals surface area contributed by atoms with Crippen molar-refractivity contribution >= 4 is 17.5 Å². The molecule has 0 radical (unpaired) electrons. The highest BCUT2D eigenvalue weighted by molar-refractivity contribution is 6.03. The summed E-state index contributed by atoms with van der Waals surface area (Å²) in [5.41, 5.74) is 1.13. The number of carbonyl (C=O) groups is 1. The van der Waals surface area contributed by atoms with Crippen LogP contribution in [-0.4, -0.2) is 52.0 Å². The maximum absolute atomic E-state index is 13.7. The van der Waals surface area contributed by atoms with Gasteiger partial charge in [-0.15, -0.1) is 0 Å². The summed E-state index contributed by atoms with van der Waals surface area (Å²) in [6.07, 6.45) is 2.56. The number of nitrogens with one attached hydrogen (secondary N) is 1. The second-order valence-electron chi connectivity index (χ2n) is 8.61. The third kappa shape index (κ3) is 3.20. The molecule has 0 unspecified atom stereocenters. The number of hydrogen-bond donors (Lipinski definition) is 3. The highest BCUT2D eigenvalue weighted by Gasteiger charge is 2.56. The van der Waals surface area contributed by atoms with E-state index in [1.54, 1.807) is 18.2 Å². The largest absolute Gasteiger partial charge is 0.497 e. The minimum atomic E-state index is -1.06. The number of rotatable bonds is 5. The molecule has 2 heterocycles. The van der Waals surface area contributed by atoms with Crippen molar-refractivity contribution in [2.75, 3.05) is 23.9 Å². The molecule has 1 aromatic heterocycles. The summed E-state index contributed by atoms with van der Waals surface area (Å²) in [5, 5.41) is 24.0. The summed E-state index contributed by atoms with van der Waals surface area (Å²) in [7, 11) is 1.60. The molecule has 158 valence electrons. The highest BCUT2D eigenvalue weighted by Crippen LogP contribution is 2.47. The molecule has 2 aliphatic carbocycles. The molecule has 2 saturated carbocycles. The molecular formula is C22H26N4O4. The Balaban J connectivity index is 1.54. The van der Waals surface area contributed by atoms with Crippen LogP contribution in [0.15, 0.2) is 30.5 Å². The van der Waals surface area contributed by atoms with Crippen LogP contribution in [0.5, 0.6) is 5.75 Å². The van der Waals surface area contributed by atoms with Crippen molar-refractivity contribution in [2.45, 2.75) is 49.9 Å². The number of aromatic nitrogens is 2. The molecule has 2 fully saturated rings. The molecule has 3 atom stereocenters. The molecule has 1 aliphatic heterocycles. The maximum Gasteiger partial charge on any atom is 0.239 e. The maximum atomic E-state index is 13.7. The molecule has 1 amide bonds. The summed E-state index contributed by atoms with van der Waals surface area (Å²) in [4.78, 5) is 24.6. The van der Waals surface area contributed by atoms with Gasteiger partial charge in [0, 0.05) is 24.0 Å². The number of methoxy groups -OCH3 is 1. The number of carbonyl (C=O) groups excluding carboxylic acids is 1. The lowest BCUT2D eigenvalue weighted by Gasteiger charge is -2.40. The van der Waals surface area contributed by atoms with Gasteiger partial charge in [0.2, 0.25) is 11.9 Å². The zero-order chi connectivity index (χ0) is 20.9. The number of nitrogens with zero attached hydrogens (tertiary/aromatic N) is 3. The van der Waals surface area contributed by atoms with E-state index in [1.165, 1.54) is 12.8 Å². The summed E-state index contributed by atoms with van der Waals surface area (Å²) in [6, 6.07) is 7.29. The number of fused-ring (bicyclic) bond motifs is 2. The Morgan fingerprint density at radius 1 is 1.20 bits per heavy atom. The number of benzene rings is 1. The normalized spacial score (nSPS) is 28.0. The quantitative estimate of drug-likeness (QED) is 0.687. The second-order valence-corrected chi connectivity index (χ2v) is 8.61. The topological polar surface area (TPSA) is 108 Å². The first-order valence-corrected chi connectivity index (χ1v) is 10.4. The fourth-order valence-electron chi connectivity index (χ4n) is 4.59. The SMILES string of the molecule is COc1ccc(N2Cc3cnc(NCC4CC4)nc3[C@@]3(C[C@@H](O)[C@@H](O)C3)C2=O)cc1. The van der Waals surface area contributed by atoms with Crippen LogP contribution in [0.25, 0.3) is 0 Å². The van der Waals surface area contributed by atoms with Gasteiger partial charge in [0.25, 0.3) is 0 Å². The Kier molecular flexibility index (Phi) is 4.63. The summed E-state index contributed by atoms with van der Waals surface area (Å²) in [5.74, 6) is 1.73. The summed E-state index contributed by atoms with van der Waals surface area (Å²) < 4.78 is 5.22. The molecule has 2 aromatic rings. The zero-order valence-corrected chi connectivity index (χ0v) is 16.9. The molecule has 8 heteroatoms. The average Bonchev–Trinajstić information content (AvgIpc) is 3.54. The van der Waals surface area contributed by atoms with Crippen molar-refractivity contribution in [1.82, 2.24) is 9.97 Å². The molecule has 3 N–H and O–H groups in total. The van der Waals surface area contributed by atoms with Crippen molar-refractivity contribution < 1.29 is 19.7 Å². The van der Waals surface area contributed by atoms with Crippen LogP contribution in [0, 0.1) is 5.92 Å². The Labute approximate surface area is 174 Å². The lowest BCUT2D eigenvalue weighted by Crippen LogP contribution is -2.51. The van der Waals surface area contributed by atoms with Gasteiger partial charge in [-0.1, -0.05) is 0 Å². The molecule has 8 nitrogen and oxygen atoms in total. The van der Waals surface area contributed by atoms with Gasteiger partial charge in [-0.25, -0.2) is 9.97 Å². The third-order valence-corrected chi connectivity index (χ3v) is 6.49. The van der Waals surface area contributed by atoms with Crippen LogP contribution in [0.2, 0.25) is 0 Å². The number of anilines is 2. The molecule has 0 saturated heterocycles. The van der Waals surface area contributed by atoms with Gasteiger partial charge in [-0.3, -0.25) is 4.79 Å². The van der Waals surface area contributed by atoms with Crippen molar-refractivity contribution in [3.8, 4) is 5.75 Å². The van der Waals surface area contributed by atoms with Crippen molar-refractivity contribution in [3.63, 3.8) is 0 Å². The van der Waals surface area contributed by atoms with Gasteiger partial charge in [-0.05, 0) is 55.9 Å². The minimum absolute atomic E-state index is 0.145. The van der Waals surface area contributed by atoms with Crippen LogP contribution in [0.4, 0.5) is 11.6 Å². The first-order valence-electron chi connectivity index (χ1n) is 10.4. The summed E-state index contributed by atoms with van der Waals surface area (Å²) >= 11 is 0. The van der Waals surface area contributed by atoms with E-state index in [4.69, 9.17) is 9.72 Å². The number of hydrogen-bond acceptors (Lipinski definition) is 7. The monoisotopic (exact) mass is 410 g/mol. The van der Waals surface area contributed by atoms with Gasteiger partial charge in [-0.2, -0.15) is 0 Å². The average molecular weight is 410 g/mol. The van der Waals surface area contributed by atoms with Gasteiger partial charge in [0.15, 0.2) is 0 Å². The molecule has 1 spiro atoms. The highest BCUT2D eigenvalue weighted by atomic mass is 16.5. The molecule has 30 heavy (non-hydrogen) atoms. The van der Waals surface area contributed by atoms with E-state index < -0.39 is 17.6 Å². The van der Waals surface area contributed by atoms with Crippen LogP contribution >= 0.6 is 0 Å². The minimum Gasteiger partial charge on any atom is -0.497 e. The first-order chi connectivity index (χ1) is 14.5. The predicted octanol–water partition coefficient (Wildman–Crippen LogP) is 1.61.